The van der Waals surface area contributed by atoms with Crippen molar-refractivity contribution in [3.8, 4) is 11.5 Å². The Labute approximate surface area is 277 Å². The van der Waals surface area contributed by atoms with E-state index < -0.39 is 21.5 Å². The van der Waals surface area contributed by atoms with Crippen molar-refractivity contribution in [2.75, 3.05) is 50.7 Å². The Morgan fingerprint density at radius 1 is 0.979 bits per heavy atom. The first-order valence-electron chi connectivity index (χ1n) is 15.2. The van der Waals surface area contributed by atoms with E-state index in [-0.39, 0.29) is 30.2 Å². The summed E-state index contributed by atoms with van der Waals surface area (Å²) in [6.07, 6.45) is 4.54. The highest BCUT2D eigenvalue weighted by Crippen LogP contribution is 2.26. The van der Waals surface area contributed by atoms with Crippen molar-refractivity contribution in [3.63, 3.8) is 0 Å². The van der Waals surface area contributed by atoms with Crippen LogP contribution >= 0.6 is 0 Å². The fourth-order valence-electron chi connectivity index (χ4n) is 5.53. The molecule has 0 saturated carbocycles. The van der Waals surface area contributed by atoms with Crippen LogP contribution in [0.3, 0.4) is 0 Å². The van der Waals surface area contributed by atoms with Crippen LogP contribution in [0.15, 0.2) is 88.9 Å². The van der Waals surface area contributed by atoms with E-state index in [1.54, 1.807) is 62.9 Å². The van der Waals surface area contributed by atoms with Crippen LogP contribution in [0.25, 0.3) is 10.9 Å². The summed E-state index contributed by atoms with van der Waals surface area (Å²) in [5, 5.41) is 6.54. The molecule has 1 saturated heterocycles. The molecule has 0 unspecified atom stereocenters. The lowest BCUT2D eigenvalue weighted by atomic mass is 10.2. The van der Waals surface area contributed by atoms with Crippen LogP contribution in [0.1, 0.15) is 11.3 Å². The van der Waals surface area contributed by atoms with Crippen LogP contribution in [-0.4, -0.2) is 73.4 Å². The number of hydrogen-bond donors (Lipinski definition) is 2. The van der Waals surface area contributed by atoms with E-state index >= 15 is 0 Å². The minimum atomic E-state index is -4.00. The SMILES string of the molecule is COc1ccc(CNc2cnc(N3CCOCC3)n(CC(=O)NCc3cc4cnccc4n3S(=O)(=O)c3ccccc3)c2=O)c(OC)c1. The molecule has 0 aliphatic carbocycles. The number of benzene rings is 2. The van der Waals surface area contributed by atoms with Crippen LogP contribution in [0, 0.1) is 0 Å². The van der Waals surface area contributed by atoms with E-state index in [0.717, 1.165) is 5.56 Å². The van der Waals surface area contributed by atoms with Gasteiger partial charge in [-0.1, -0.05) is 18.2 Å². The maximum absolute atomic E-state index is 13.9. The van der Waals surface area contributed by atoms with Gasteiger partial charge in [0.05, 0.1) is 56.3 Å². The van der Waals surface area contributed by atoms with Gasteiger partial charge in [-0.15, -0.1) is 0 Å². The van der Waals surface area contributed by atoms with Crippen molar-refractivity contribution in [1.29, 1.82) is 0 Å². The fraction of sp³-hybridized carbons (Fsp3) is 0.273. The highest BCUT2D eigenvalue weighted by molar-refractivity contribution is 7.90. The molecule has 2 N–H and O–H groups in total. The van der Waals surface area contributed by atoms with Crippen LogP contribution in [0.4, 0.5) is 11.6 Å². The van der Waals surface area contributed by atoms with Gasteiger partial charge in [-0.3, -0.25) is 19.1 Å². The van der Waals surface area contributed by atoms with Crippen molar-refractivity contribution in [2.45, 2.75) is 24.5 Å². The Bertz CT molecular complexity index is 2090. The largest absolute Gasteiger partial charge is 0.497 e. The predicted molar refractivity (Wildman–Crippen MR) is 179 cm³/mol. The third kappa shape index (κ3) is 6.68. The molecule has 3 aromatic heterocycles. The van der Waals surface area contributed by atoms with Gasteiger partial charge >= 0.3 is 0 Å². The van der Waals surface area contributed by atoms with E-state index in [1.165, 1.54) is 33.1 Å². The second kappa shape index (κ2) is 14.1. The van der Waals surface area contributed by atoms with Gasteiger partial charge in [-0.05, 0) is 36.4 Å². The van der Waals surface area contributed by atoms with E-state index in [4.69, 9.17) is 14.2 Å². The van der Waals surface area contributed by atoms with E-state index in [2.05, 4.69) is 20.6 Å². The summed E-state index contributed by atoms with van der Waals surface area (Å²) in [4.78, 5) is 38.1. The maximum Gasteiger partial charge on any atom is 0.278 e. The van der Waals surface area contributed by atoms with E-state index in [1.807, 2.05) is 11.0 Å². The highest BCUT2D eigenvalue weighted by Gasteiger charge is 2.24. The van der Waals surface area contributed by atoms with E-state index in [0.29, 0.717) is 60.3 Å². The van der Waals surface area contributed by atoms with Crippen molar-refractivity contribution in [1.82, 2.24) is 23.8 Å². The summed E-state index contributed by atoms with van der Waals surface area (Å²) in [7, 11) is -0.884. The number of carbonyl (C=O) groups is 1. The summed E-state index contributed by atoms with van der Waals surface area (Å²) < 4.78 is 46.3. The fourth-order valence-corrected chi connectivity index (χ4v) is 7.10. The Morgan fingerprint density at radius 2 is 1.77 bits per heavy atom. The van der Waals surface area contributed by atoms with Crippen LogP contribution < -0.4 is 30.6 Å². The molecule has 2 aromatic carbocycles. The number of nitrogens with zero attached hydrogens (tertiary/aromatic N) is 5. The molecule has 0 radical (unpaired) electrons. The topological polar surface area (TPSA) is 159 Å². The van der Waals surface area contributed by atoms with Crippen molar-refractivity contribution in [3.05, 3.63) is 101 Å². The molecular weight excluding hydrogens is 638 g/mol. The molecule has 1 fully saturated rings. The number of anilines is 2. The highest BCUT2D eigenvalue weighted by atomic mass is 32.2. The first kappa shape index (κ1) is 32.5. The van der Waals surface area contributed by atoms with Gasteiger partial charge < -0.3 is 29.7 Å². The molecule has 0 bridgehead atoms. The number of nitrogens with one attached hydrogen (secondary N) is 2. The smallest absolute Gasteiger partial charge is 0.278 e. The van der Waals surface area contributed by atoms with Crippen molar-refractivity contribution < 1.29 is 27.4 Å². The summed E-state index contributed by atoms with van der Waals surface area (Å²) in [6.45, 7) is 1.67. The van der Waals surface area contributed by atoms with Gasteiger partial charge in [-0.2, -0.15) is 0 Å². The van der Waals surface area contributed by atoms with Gasteiger partial charge in [0.2, 0.25) is 11.9 Å². The Kier molecular flexibility index (Phi) is 9.59. The number of fused-ring (bicyclic) bond motifs is 1. The summed E-state index contributed by atoms with van der Waals surface area (Å²) in [6, 6.07) is 16.7. The number of rotatable bonds is 12. The van der Waals surface area contributed by atoms with Crippen molar-refractivity contribution in [2.24, 2.45) is 0 Å². The van der Waals surface area contributed by atoms with Gasteiger partial charge in [0.15, 0.2) is 0 Å². The molecule has 48 heavy (non-hydrogen) atoms. The zero-order chi connectivity index (χ0) is 33.7. The molecule has 250 valence electrons. The molecular formula is C33H35N7O7S. The third-order valence-corrected chi connectivity index (χ3v) is 9.74. The lowest BCUT2D eigenvalue weighted by molar-refractivity contribution is -0.121. The number of methoxy groups -OCH3 is 2. The number of aromatic nitrogens is 4. The Hall–Kier alpha value is -5.41. The van der Waals surface area contributed by atoms with Crippen LogP contribution in [0.2, 0.25) is 0 Å². The quantitative estimate of drug-likeness (QED) is 0.201. The average molecular weight is 674 g/mol. The third-order valence-electron chi connectivity index (χ3n) is 7.96. The first-order chi connectivity index (χ1) is 23.3. The average Bonchev–Trinajstić information content (AvgIpc) is 3.51. The molecule has 1 amide bonds. The molecule has 1 aliphatic rings. The molecule has 0 spiro atoms. The Balaban J connectivity index is 1.26. The molecule has 4 heterocycles. The molecule has 5 aromatic rings. The minimum absolute atomic E-state index is 0.108. The monoisotopic (exact) mass is 673 g/mol. The Morgan fingerprint density at radius 3 is 2.52 bits per heavy atom. The standard InChI is InChI=1S/C33H35N7O7S/c1-45-26-9-8-23(30(17-26)46-2)19-35-28-21-37-33(38-12-14-47-15-13-38)39(32(28)42)22-31(41)36-20-25-16-24-18-34-11-10-29(24)40(25)48(43,44)27-6-4-3-5-7-27/h3-11,16-18,21,35H,12-15,19-20,22H2,1-2H3,(H,36,41). The minimum Gasteiger partial charge on any atom is -0.497 e. The molecule has 15 heteroatoms. The lowest BCUT2D eigenvalue weighted by Gasteiger charge is -2.29. The van der Waals surface area contributed by atoms with Gasteiger partial charge in [-0.25, -0.2) is 17.4 Å². The second-order valence-electron chi connectivity index (χ2n) is 10.9. The summed E-state index contributed by atoms with van der Waals surface area (Å²) in [5.74, 6) is 1.05. The van der Waals surface area contributed by atoms with Gasteiger partial charge in [0.1, 0.15) is 23.7 Å². The van der Waals surface area contributed by atoms with Gasteiger partial charge in [0.25, 0.3) is 15.6 Å². The number of hydrogen-bond acceptors (Lipinski definition) is 11. The van der Waals surface area contributed by atoms with Gasteiger partial charge in [0, 0.05) is 49.0 Å². The van der Waals surface area contributed by atoms with Crippen LogP contribution in [-0.2, 0) is 39.2 Å². The summed E-state index contributed by atoms with van der Waals surface area (Å²) in [5.41, 5.74) is 1.30. The zero-order valence-corrected chi connectivity index (χ0v) is 27.3. The number of ether oxygens (including phenoxy) is 3. The normalized spacial score (nSPS) is 13.3. The number of amides is 1. The first-order valence-corrected chi connectivity index (χ1v) is 16.6. The molecule has 6 rings (SSSR count). The lowest BCUT2D eigenvalue weighted by Crippen LogP contribution is -2.42. The number of carbonyl (C=O) groups excluding carboxylic acids is 1. The second-order valence-corrected chi connectivity index (χ2v) is 12.7. The summed E-state index contributed by atoms with van der Waals surface area (Å²) >= 11 is 0. The number of pyridine rings is 1. The predicted octanol–water partition coefficient (Wildman–Crippen LogP) is 2.61. The maximum atomic E-state index is 13.9. The van der Waals surface area contributed by atoms with Crippen molar-refractivity contribution >= 4 is 38.5 Å². The molecule has 1 aliphatic heterocycles. The molecule has 0 atom stereocenters. The molecule has 14 nitrogen and oxygen atoms in total. The zero-order valence-electron chi connectivity index (χ0n) is 26.5. The van der Waals surface area contributed by atoms with E-state index in [9.17, 15) is 18.0 Å². The number of morpholine rings is 1. The van der Waals surface area contributed by atoms with Crippen LogP contribution in [0.5, 0.6) is 11.5 Å².